The molecule has 3 rings (SSSR count). The van der Waals surface area contributed by atoms with Gasteiger partial charge in [-0.3, -0.25) is 0 Å². The van der Waals surface area contributed by atoms with Gasteiger partial charge in [0.2, 0.25) is 0 Å². The van der Waals surface area contributed by atoms with E-state index in [1.807, 2.05) is 27.7 Å². The Morgan fingerprint density at radius 1 is 0.850 bits per heavy atom. The molecule has 0 aromatic heterocycles. The molecule has 3 heterocycles. The van der Waals surface area contributed by atoms with Gasteiger partial charge in [-0.1, -0.05) is 0 Å². The van der Waals surface area contributed by atoms with Crippen molar-refractivity contribution >= 4 is 8.25 Å². The monoisotopic (exact) mass is 307 g/mol. The first-order valence-corrected chi connectivity index (χ1v) is 7.80. The Labute approximate surface area is 118 Å². The van der Waals surface area contributed by atoms with Crippen LogP contribution in [0.25, 0.3) is 0 Å². The fourth-order valence-corrected chi connectivity index (χ4v) is 3.62. The van der Waals surface area contributed by atoms with E-state index in [-0.39, 0.29) is 12.2 Å². The van der Waals surface area contributed by atoms with Gasteiger partial charge in [0.1, 0.15) is 12.2 Å². The van der Waals surface area contributed by atoms with E-state index < -0.39 is 32.0 Å². The van der Waals surface area contributed by atoms with Gasteiger partial charge in [-0.25, -0.2) is 0 Å². The summed E-state index contributed by atoms with van der Waals surface area (Å²) in [6.45, 7) is 8.06. The molecule has 3 aliphatic rings. The van der Waals surface area contributed by atoms with Crippen LogP contribution in [0.15, 0.2) is 0 Å². The summed E-state index contributed by atoms with van der Waals surface area (Å²) in [5, 5.41) is 0. The number of hydrogen-bond donors (Lipinski definition) is 0. The molecule has 3 aliphatic heterocycles. The van der Waals surface area contributed by atoms with E-state index in [1.165, 1.54) is 0 Å². The summed E-state index contributed by atoms with van der Waals surface area (Å²) < 4.78 is 45.0. The number of ether oxygens (including phenoxy) is 4. The van der Waals surface area contributed by atoms with E-state index in [0.29, 0.717) is 13.2 Å². The van der Waals surface area contributed by atoms with Gasteiger partial charge in [-0.2, -0.15) is 0 Å². The molecule has 0 aromatic rings. The first kappa shape index (κ1) is 14.8. The second-order valence-electron chi connectivity index (χ2n) is 6.10. The third-order valence-electron chi connectivity index (χ3n) is 3.53. The van der Waals surface area contributed by atoms with Crippen molar-refractivity contribution in [3.63, 3.8) is 0 Å². The van der Waals surface area contributed by atoms with Gasteiger partial charge < -0.3 is 18.9 Å². The van der Waals surface area contributed by atoms with Crippen molar-refractivity contribution in [2.45, 2.75) is 63.7 Å². The quantitative estimate of drug-likeness (QED) is 0.719. The molecular weight excluding hydrogens is 287 g/mol. The zero-order chi connectivity index (χ0) is 14.5. The van der Waals surface area contributed by atoms with E-state index in [2.05, 4.69) is 0 Å². The van der Waals surface area contributed by atoms with Gasteiger partial charge in [0.05, 0.1) is 13.2 Å². The summed E-state index contributed by atoms with van der Waals surface area (Å²) in [5.74, 6) is -1.34. The highest BCUT2D eigenvalue weighted by atomic mass is 31.1. The lowest BCUT2D eigenvalue weighted by molar-refractivity contribution is -0.165. The molecule has 0 aliphatic carbocycles. The average molecular weight is 307 g/mol. The largest absolute Gasteiger partial charge is 0.698 e. The molecule has 3 fully saturated rings. The van der Waals surface area contributed by atoms with Crippen molar-refractivity contribution in [3.8, 4) is 0 Å². The topological polar surface area (TPSA) is 72.5 Å². The number of hydrogen-bond acceptors (Lipinski definition) is 7. The van der Waals surface area contributed by atoms with Gasteiger partial charge in [-0.05, 0) is 27.7 Å². The fraction of sp³-hybridized carbons (Fsp3) is 1.00. The molecule has 4 atom stereocenters. The summed E-state index contributed by atoms with van der Waals surface area (Å²) in [4.78, 5) is 0. The molecule has 0 bridgehead atoms. The normalized spacial score (nSPS) is 45.1. The Balaban J connectivity index is 1.71. The minimum absolute atomic E-state index is 0.330. The predicted octanol–water partition coefficient (Wildman–Crippen LogP) is 1.73. The van der Waals surface area contributed by atoms with Gasteiger partial charge >= 0.3 is 8.25 Å². The highest BCUT2D eigenvalue weighted by Gasteiger charge is 2.59. The van der Waals surface area contributed by atoms with Crippen molar-refractivity contribution < 1.29 is 32.6 Å². The van der Waals surface area contributed by atoms with E-state index in [1.54, 1.807) is 0 Å². The molecule has 0 saturated carbocycles. The van der Waals surface area contributed by atoms with Gasteiger partial charge in [0.15, 0.2) is 23.8 Å². The second kappa shape index (κ2) is 4.95. The standard InChI is InChI=1S/C12H20O7P/c1-11(2)14-5-7(16-11)9-10(19-20(13)18-9)8-6-15-12(3,4)17-8/h7-10H,5-6H2,1-4H3/q+1/t7-,8-,9+,10+/m0/s1. The summed E-state index contributed by atoms with van der Waals surface area (Å²) in [6.07, 6.45) is -1.63. The molecule has 0 unspecified atom stereocenters. The van der Waals surface area contributed by atoms with Gasteiger partial charge in [0.25, 0.3) is 0 Å². The van der Waals surface area contributed by atoms with Crippen LogP contribution in [0.3, 0.4) is 0 Å². The Morgan fingerprint density at radius 2 is 1.25 bits per heavy atom. The molecular formula is C12H20O7P+. The molecule has 114 valence electrons. The fourth-order valence-electron chi connectivity index (χ4n) is 2.66. The van der Waals surface area contributed by atoms with Crippen molar-refractivity contribution in [2.24, 2.45) is 0 Å². The molecule has 8 heteroatoms. The highest BCUT2D eigenvalue weighted by molar-refractivity contribution is 7.33. The highest BCUT2D eigenvalue weighted by Crippen LogP contribution is 2.45. The van der Waals surface area contributed by atoms with Gasteiger partial charge in [-0.15, -0.1) is 9.05 Å². The molecule has 0 radical (unpaired) electrons. The van der Waals surface area contributed by atoms with Crippen LogP contribution in [0.5, 0.6) is 0 Å². The lowest BCUT2D eigenvalue weighted by atomic mass is 10.0. The van der Waals surface area contributed by atoms with E-state index in [4.69, 9.17) is 28.0 Å². The Hall–Kier alpha value is -0.140. The first-order chi connectivity index (χ1) is 9.26. The van der Waals surface area contributed by atoms with E-state index >= 15 is 0 Å². The summed E-state index contributed by atoms with van der Waals surface area (Å²) in [5.41, 5.74) is 0. The van der Waals surface area contributed by atoms with Crippen LogP contribution in [0.2, 0.25) is 0 Å². The predicted molar refractivity (Wildman–Crippen MR) is 67.2 cm³/mol. The molecule has 20 heavy (non-hydrogen) atoms. The zero-order valence-corrected chi connectivity index (χ0v) is 12.9. The van der Waals surface area contributed by atoms with Crippen LogP contribution in [-0.4, -0.2) is 49.2 Å². The lowest BCUT2D eigenvalue weighted by Gasteiger charge is -2.23. The second-order valence-corrected chi connectivity index (χ2v) is 6.97. The molecule has 7 nitrogen and oxygen atoms in total. The Morgan fingerprint density at radius 3 is 1.55 bits per heavy atom. The van der Waals surface area contributed by atoms with Crippen molar-refractivity contribution in [1.29, 1.82) is 0 Å². The number of rotatable bonds is 2. The SMILES string of the molecule is CC1(C)OC[C@@H]([C@H]2O[P+](=O)O[C@@H]2[C@@H]2COC(C)(C)O2)O1. The van der Waals surface area contributed by atoms with Crippen LogP contribution in [-0.2, 0) is 32.6 Å². The maximum absolute atomic E-state index is 11.6. The van der Waals surface area contributed by atoms with E-state index in [0.717, 1.165) is 0 Å². The molecule has 0 spiro atoms. The first-order valence-electron chi connectivity index (χ1n) is 6.70. The Bertz CT molecular complexity index is 375. The Kier molecular flexibility index (Phi) is 3.66. The summed E-state index contributed by atoms with van der Waals surface area (Å²) >= 11 is 0. The smallest absolute Gasteiger partial charge is 0.348 e. The van der Waals surface area contributed by atoms with Gasteiger partial charge in [0, 0.05) is 4.57 Å². The maximum atomic E-state index is 11.6. The molecule has 3 saturated heterocycles. The molecule has 0 N–H and O–H groups in total. The van der Waals surface area contributed by atoms with Crippen molar-refractivity contribution in [1.82, 2.24) is 0 Å². The third kappa shape index (κ3) is 2.90. The van der Waals surface area contributed by atoms with Crippen LogP contribution in [0.1, 0.15) is 27.7 Å². The lowest BCUT2D eigenvalue weighted by Crippen LogP contribution is -2.45. The minimum atomic E-state index is -2.16. The molecule has 0 aromatic carbocycles. The van der Waals surface area contributed by atoms with Crippen molar-refractivity contribution in [3.05, 3.63) is 0 Å². The van der Waals surface area contributed by atoms with Crippen LogP contribution in [0, 0.1) is 0 Å². The van der Waals surface area contributed by atoms with Crippen LogP contribution >= 0.6 is 8.25 Å². The summed E-state index contributed by atoms with van der Waals surface area (Å²) in [6, 6.07) is 0. The van der Waals surface area contributed by atoms with Crippen LogP contribution in [0.4, 0.5) is 0 Å². The summed E-state index contributed by atoms with van der Waals surface area (Å²) in [7, 11) is -2.16. The molecule has 0 amide bonds. The van der Waals surface area contributed by atoms with Crippen molar-refractivity contribution in [2.75, 3.05) is 13.2 Å². The van der Waals surface area contributed by atoms with E-state index in [9.17, 15) is 4.57 Å². The maximum Gasteiger partial charge on any atom is 0.698 e. The third-order valence-corrected chi connectivity index (χ3v) is 4.36. The van der Waals surface area contributed by atoms with Crippen LogP contribution < -0.4 is 0 Å². The average Bonchev–Trinajstić information content (AvgIpc) is 2.96. The zero-order valence-electron chi connectivity index (χ0n) is 12.0. The minimum Gasteiger partial charge on any atom is -0.348 e.